The van der Waals surface area contributed by atoms with Crippen molar-refractivity contribution in [2.45, 2.75) is 6.92 Å². The molecule has 5 heteroatoms. The highest BCUT2D eigenvalue weighted by Crippen LogP contribution is 2.12. The maximum absolute atomic E-state index is 11.7. The molecule has 0 atom stereocenters. The fourth-order valence-electron chi connectivity index (χ4n) is 1.75. The monoisotopic (exact) mass is 283 g/mol. The van der Waals surface area contributed by atoms with E-state index in [1.807, 2.05) is 55.5 Å². The summed E-state index contributed by atoms with van der Waals surface area (Å²) in [7, 11) is 1.60. The van der Waals surface area contributed by atoms with Gasteiger partial charge in [-0.2, -0.15) is 5.10 Å². The van der Waals surface area contributed by atoms with Crippen LogP contribution in [0.5, 0.6) is 5.75 Å². The Morgan fingerprint density at radius 1 is 1.19 bits per heavy atom. The minimum Gasteiger partial charge on any atom is -0.497 e. The number of hydrazone groups is 1. The molecule has 5 nitrogen and oxygen atoms in total. The molecule has 2 rings (SSSR count). The number of amides is 2. The van der Waals surface area contributed by atoms with Crippen LogP contribution in [-0.2, 0) is 0 Å². The molecule has 0 saturated heterocycles. The zero-order valence-electron chi connectivity index (χ0n) is 12.0. The van der Waals surface area contributed by atoms with Crippen LogP contribution < -0.4 is 15.5 Å². The third kappa shape index (κ3) is 4.35. The third-order valence-electron chi connectivity index (χ3n) is 2.87. The second-order valence-corrected chi connectivity index (χ2v) is 4.42. The quantitative estimate of drug-likeness (QED) is 0.668. The Hall–Kier alpha value is -2.82. The summed E-state index contributed by atoms with van der Waals surface area (Å²) in [5, 5.41) is 6.63. The molecule has 108 valence electrons. The fourth-order valence-corrected chi connectivity index (χ4v) is 1.75. The highest BCUT2D eigenvalue weighted by Gasteiger charge is 2.01. The molecule has 2 amide bonds. The van der Waals surface area contributed by atoms with E-state index in [2.05, 4.69) is 15.8 Å². The van der Waals surface area contributed by atoms with E-state index in [9.17, 15) is 4.79 Å². The summed E-state index contributed by atoms with van der Waals surface area (Å²) < 4.78 is 5.11. The van der Waals surface area contributed by atoms with Crippen molar-refractivity contribution in [3.8, 4) is 5.75 Å². The summed E-state index contributed by atoms with van der Waals surface area (Å²) in [6, 6.07) is 14.5. The normalized spacial score (nSPS) is 10.4. The standard InChI is InChI=1S/C16H17N3O2/c1-12-6-3-4-9-15(12)18-16(20)19-17-11-13-7-5-8-14(10-13)21-2/h3-11H,1-2H3,(H2,18,19,20)/b17-11-. The van der Waals surface area contributed by atoms with E-state index in [1.165, 1.54) is 0 Å². The van der Waals surface area contributed by atoms with Crippen LogP contribution in [0, 0.1) is 6.92 Å². The molecule has 21 heavy (non-hydrogen) atoms. The topological polar surface area (TPSA) is 62.7 Å². The van der Waals surface area contributed by atoms with E-state index < -0.39 is 0 Å². The van der Waals surface area contributed by atoms with Crippen LogP contribution in [0.4, 0.5) is 10.5 Å². The van der Waals surface area contributed by atoms with Gasteiger partial charge in [0.2, 0.25) is 0 Å². The van der Waals surface area contributed by atoms with Gasteiger partial charge >= 0.3 is 6.03 Å². The van der Waals surface area contributed by atoms with Crippen LogP contribution in [0.3, 0.4) is 0 Å². The Morgan fingerprint density at radius 3 is 2.76 bits per heavy atom. The first-order valence-corrected chi connectivity index (χ1v) is 6.49. The molecule has 0 aliphatic rings. The first-order valence-electron chi connectivity index (χ1n) is 6.49. The Bertz CT molecular complexity index is 653. The molecule has 0 unspecified atom stereocenters. The smallest absolute Gasteiger partial charge is 0.339 e. The summed E-state index contributed by atoms with van der Waals surface area (Å²) in [6.45, 7) is 1.93. The second kappa shape index (κ2) is 7.09. The lowest BCUT2D eigenvalue weighted by molar-refractivity contribution is 0.252. The number of rotatable bonds is 4. The van der Waals surface area contributed by atoms with Crippen molar-refractivity contribution in [1.29, 1.82) is 0 Å². The lowest BCUT2D eigenvalue weighted by atomic mass is 10.2. The zero-order valence-corrected chi connectivity index (χ0v) is 12.0. The van der Waals surface area contributed by atoms with Crippen molar-refractivity contribution in [3.05, 3.63) is 59.7 Å². The van der Waals surface area contributed by atoms with Gasteiger partial charge in [-0.1, -0.05) is 30.3 Å². The second-order valence-electron chi connectivity index (χ2n) is 4.42. The number of methoxy groups -OCH3 is 1. The molecule has 0 fully saturated rings. The van der Waals surface area contributed by atoms with Crippen molar-refractivity contribution in [2.24, 2.45) is 5.10 Å². The molecule has 2 N–H and O–H groups in total. The highest BCUT2D eigenvalue weighted by atomic mass is 16.5. The number of carbonyl (C=O) groups is 1. The van der Waals surface area contributed by atoms with Gasteiger partial charge in [-0.15, -0.1) is 0 Å². The molecule has 2 aromatic rings. The number of carbonyl (C=O) groups excluding carboxylic acids is 1. The highest BCUT2D eigenvalue weighted by molar-refractivity contribution is 5.91. The van der Waals surface area contributed by atoms with E-state index >= 15 is 0 Å². The maximum atomic E-state index is 11.7. The number of anilines is 1. The van der Waals surface area contributed by atoms with Crippen LogP contribution in [0.2, 0.25) is 0 Å². The van der Waals surface area contributed by atoms with E-state index in [0.29, 0.717) is 0 Å². The number of hydrogen-bond acceptors (Lipinski definition) is 3. The first-order chi connectivity index (χ1) is 10.2. The van der Waals surface area contributed by atoms with Gasteiger partial charge in [0.15, 0.2) is 0 Å². The van der Waals surface area contributed by atoms with Crippen molar-refractivity contribution in [1.82, 2.24) is 5.43 Å². The van der Waals surface area contributed by atoms with Gasteiger partial charge in [0.25, 0.3) is 0 Å². The predicted molar refractivity (Wildman–Crippen MR) is 83.9 cm³/mol. The van der Waals surface area contributed by atoms with Gasteiger partial charge in [0.05, 0.1) is 13.3 Å². The minimum atomic E-state index is -0.386. The van der Waals surface area contributed by atoms with Crippen LogP contribution in [-0.4, -0.2) is 19.4 Å². The maximum Gasteiger partial charge on any atom is 0.339 e. The van der Waals surface area contributed by atoms with Crippen molar-refractivity contribution in [2.75, 3.05) is 12.4 Å². The number of ether oxygens (including phenoxy) is 1. The Morgan fingerprint density at radius 2 is 2.00 bits per heavy atom. The Labute approximate surface area is 123 Å². The number of para-hydroxylation sites is 1. The number of urea groups is 1. The predicted octanol–water partition coefficient (Wildman–Crippen LogP) is 3.16. The molecule has 0 radical (unpaired) electrons. The van der Waals surface area contributed by atoms with Gasteiger partial charge in [-0.05, 0) is 36.2 Å². The molecule has 0 aromatic heterocycles. The molecule has 2 aromatic carbocycles. The molecule has 0 aliphatic carbocycles. The minimum absolute atomic E-state index is 0.386. The van der Waals surface area contributed by atoms with Gasteiger partial charge < -0.3 is 10.1 Å². The van der Waals surface area contributed by atoms with E-state index in [0.717, 1.165) is 22.6 Å². The lowest BCUT2D eigenvalue weighted by Crippen LogP contribution is -2.24. The van der Waals surface area contributed by atoms with Crippen LogP contribution in [0.25, 0.3) is 0 Å². The van der Waals surface area contributed by atoms with E-state index in [1.54, 1.807) is 13.3 Å². The molecule has 0 spiro atoms. The summed E-state index contributed by atoms with van der Waals surface area (Å²) in [6.07, 6.45) is 1.56. The fraction of sp³-hybridized carbons (Fsp3) is 0.125. The number of nitrogens with one attached hydrogen (secondary N) is 2. The average molecular weight is 283 g/mol. The van der Waals surface area contributed by atoms with Crippen LogP contribution >= 0.6 is 0 Å². The molecular weight excluding hydrogens is 266 g/mol. The third-order valence-corrected chi connectivity index (χ3v) is 2.87. The summed E-state index contributed by atoms with van der Waals surface area (Å²) in [4.78, 5) is 11.7. The number of benzene rings is 2. The summed E-state index contributed by atoms with van der Waals surface area (Å²) in [5.41, 5.74) is 5.01. The SMILES string of the molecule is COc1cccc(/C=N\NC(=O)Nc2ccccc2C)c1. The van der Waals surface area contributed by atoms with E-state index in [-0.39, 0.29) is 6.03 Å². The summed E-state index contributed by atoms with van der Waals surface area (Å²) in [5.74, 6) is 0.739. The Kier molecular flexibility index (Phi) is 4.93. The van der Waals surface area contributed by atoms with Crippen molar-refractivity contribution in [3.63, 3.8) is 0 Å². The summed E-state index contributed by atoms with van der Waals surface area (Å²) >= 11 is 0. The molecule has 0 bridgehead atoms. The van der Waals surface area contributed by atoms with E-state index in [4.69, 9.17) is 4.74 Å². The van der Waals surface area contributed by atoms with Gasteiger partial charge in [-0.25, -0.2) is 10.2 Å². The molecule has 0 aliphatic heterocycles. The number of aryl methyl sites for hydroxylation is 1. The van der Waals surface area contributed by atoms with Crippen LogP contribution in [0.15, 0.2) is 53.6 Å². The number of nitrogens with zero attached hydrogens (tertiary/aromatic N) is 1. The number of hydrogen-bond donors (Lipinski definition) is 2. The molecular formula is C16H17N3O2. The average Bonchev–Trinajstić information content (AvgIpc) is 2.50. The molecule has 0 saturated carbocycles. The lowest BCUT2D eigenvalue weighted by Gasteiger charge is -2.06. The van der Waals surface area contributed by atoms with Gasteiger partial charge in [0, 0.05) is 5.69 Å². The van der Waals surface area contributed by atoms with Crippen molar-refractivity contribution >= 4 is 17.9 Å². The zero-order chi connectivity index (χ0) is 15.1. The Balaban J connectivity index is 1.91. The molecule has 0 heterocycles. The van der Waals surface area contributed by atoms with Crippen LogP contribution in [0.1, 0.15) is 11.1 Å². The van der Waals surface area contributed by atoms with Crippen molar-refractivity contribution < 1.29 is 9.53 Å². The largest absolute Gasteiger partial charge is 0.497 e. The van der Waals surface area contributed by atoms with Gasteiger partial charge in [0.1, 0.15) is 5.75 Å². The first kappa shape index (κ1) is 14.6. The van der Waals surface area contributed by atoms with Gasteiger partial charge in [-0.3, -0.25) is 0 Å².